The van der Waals surface area contributed by atoms with Gasteiger partial charge in [-0.15, -0.1) is 24.8 Å². The van der Waals surface area contributed by atoms with Crippen LogP contribution in [0.25, 0.3) is 0 Å². The summed E-state index contributed by atoms with van der Waals surface area (Å²) < 4.78 is 9.06. The van der Waals surface area contributed by atoms with Gasteiger partial charge in [0.15, 0.2) is 0 Å². The maximum Gasteiger partial charge on any atom is 0.340 e. The van der Waals surface area contributed by atoms with E-state index in [9.17, 15) is 9.59 Å². The Bertz CT molecular complexity index is 455. The number of hydrogen-bond acceptors (Lipinski definition) is 6. The highest BCUT2D eigenvalue weighted by Crippen LogP contribution is 2.08. The van der Waals surface area contributed by atoms with Crippen LogP contribution < -0.4 is 0 Å². The van der Waals surface area contributed by atoms with E-state index >= 15 is 0 Å². The fourth-order valence-corrected chi connectivity index (χ4v) is 1.71. The second-order valence-electron chi connectivity index (χ2n) is 5.05. The highest BCUT2D eigenvalue weighted by molar-refractivity contribution is 5.89. The SMILES string of the molecule is CN(C)CCN(C)Cc1ccc(C(=O)OCOC=O)cc1.Cl.Cl. The van der Waals surface area contributed by atoms with Gasteiger partial charge in [0.2, 0.25) is 6.79 Å². The number of likely N-dealkylation sites (N-methyl/N-ethyl adjacent to an activating group) is 2. The molecule has 0 radical (unpaired) electrons. The Morgan fingerprint density at radius 1 is 1.09 bits per heavy atom. The van der Waals surface area contributed by atoms with Gasteiger partial charge >= 0.3 is 5.97 Å². The molecule has 1 rings (SSSR count). The standard InChI is InChI=1S/C15H22N2O4.2ClH/c1-16(2)8-9-17(3)10-13-4-6-14(7-5-13)15(19)21-12-20-11-18;;/h4-7,11H,8-10,12H2,1-3H3;2*1H. The lowest BCUT2D eigenvalue weighted by atomic mass is 10.1. The molecular formula is C15H24Cl2N2O4. The number of rotatable bonds is 9. The number of ether oxygens (including phenoxy) is 2. The van der Waals surface area contributed by atoms with Crippen molar-refractivity contribution in [2.45, 2.75) is 6.54 Å². The first kappa shape index (κ1) is 23.9. The zero-order chi connectivity index (χ0) is 15.7. The molecule has 0 aliphatic heterocycles. The molecule has 132 valence electrons. The van der Waals surface area contributed by atoms with Gasteiger partial charge < -0.3 is 19.3 Å². The van der Waals surface area contributed by atoms with E-state index in [1.165, 1.54) is 0 Å². The van der Waals surface area contributed by atoms with Gasteiger partial charge in [0.25, 0.3) is 6.47 Å². The first-order valence-electron chi connectivity index (χ1n) is 6.67. The Morgan fingerprint density at radius 2 is 1.70 bits per heavy atom. The van der Waals surface area contributed by atoms with Crippen molar-refractivity contribution in [3.8, 4) is 0 Å². The van der Waals surface area contributed by atoms with E-state index < -0.39 is 5.97 Å². The number of halogens is 2. The lowest BCUT2D eigenvalue weighted by Crippen LogP contribution is -2.28. The molecule has 0 heterocycles. The van der Waals surface area contributed by atoms with Crippen LogP contribution in [-0.2, 0) is 20.8 Å². The molecule has 1 aromatic carbocycles. The minimum Gasteiger partial charge on any atom is -0.430 e. The van der Waals surface area contributed by atoms with E-state index in [0.29, 0.717) is 5.56 Å². The summed E-state index contributed by atoms with van der Waals surface area (Å²) >= 11 is 0. The monoisotopic (exact) mass is 366 g/mol. The van der Waals surface area contributed by atoms with Gasteiger partial charge in [-0.1, -0.05) is 12.1 Å². The second kappa shape index (κ2) is 13.1. The molecule has 0 aromatic heterocycles. The van der Waals surface area contributed by atoms with Gasteiger partial charge in [-0.3, -0.25) is 4.79 Å². The minimum atomic E-state index is -0.510. The average molecular weight is 367 g/mol. The molecule has 0 aliphatic carbocycles. The highest BCUT2D eigenvalue weighted by Gasteiger charge is 2.07. The predicted molar refractivity (Wildman–Crippen MR) is 93.3 cm³/mol. The predicted octanol–water partition coefficient (Wildman–Crippen LogP) is 1.81. The smallest absolute Gasteiger partial charge is 0.340 e. The molecule has 0 saturated carbocycles. The van der Waals surface area contributed by atoms with E-state index in [1.807, 2.05) is 26.2 Å². The Labute approximate surface area is 149 Å². The first-order valence-corrected chi connectivity index (χ1v) is 6.67. The summed E-state index contributed by atoms with van der Waals surface area (Å²) in [6.45, 7) is 2.66. The zero-order valence-corrected chi connectivity index (χ0v) is 15.2. The largest absolute Gasteiger partial charge is 0.430 e. The Kier molecular flexibility index (Phi) is 13.7. The van der Waals surface area contributed by atoms with Crippen LogP contribution in [-0.4, -0.2) is 63.3 Å². The van der Waals surface area contributed by atoms with Crippen molar-refractivity contribution in [2.24, 2.45) is 0 Å². The molecule has 0 aliphatic rings. The van der Waals surface area contributed by atoms with Gasteiger partial charge in [-0.05, 0) is 38.8 Å². The van der Waals surface area contributed by atoms with Crippen LogP contribution in [0, 0.1) is 0 Å². The number of hydrogen-bond donors (Lipinski definition) is 0. The van der Waals surface area contributed by atoms with E-state index in [-0.39, 0.29) is 38.1 Å². The lowest BCUT2D eigenvalue weighted by molar-refractivity contribution is -0.136. The molecule has 0 saturated heterocycles. The number of benzene rings is 1. The summed E-state index contributed by atoms with van der Waals surface area (Å²) in [5.41, 5.74) is 1.56. The molecule has 6 nitrogen and oxygen atoms in total. The van der Waals surface area contributed by atoms with E-state index in [1.54, 1.807) is 12.1 Å². The van der Waals surface area contributed by atoms with Crippen molar-refractivity contribution in [3.63, 3.8) is 0 Å². The van der Waals surface area contributed by atoms with E-state index in [2.05, 4.69) is 21.6 Å². The molecule has 0 atom stereocenters. The maximum absolute atomic E-state index is 11.6. The van der Waals surface area contributed by atoms with Gasteiger partial charge in [-0.25, -0.2) is 4.79 Å². The second-order valence-corrected chi connectivity index (χ2v) is 5.05. The zero-order valence-electron chi connectivity index (χ0n) is 13.6. The van der Waals surface area contributed by atoms with Gasteiger partial charge in [0.1, 0.15) is 0 Å². The fraction of sp³-hybridized carbons (Fsp3) is 0.467. The Balaban J connectivity index is 0. The number of nitrogens with zero attached hydrogens (tertiary/aromatic N) is 2. The third-order valence-corrected chi connectivity index (χ3v) is 2.90. The van der Waals surface area contributed by atoms with Crippen LogP contribution in [0.1, 0.15) is 15.9 Å². The summed E-state index contributed by atoms with van der Waals surface area (Å²) in [5.74, 6) is -0.510. The van der Waals surface area contributed by atoms with Gasteiger partial charge in [0.05, 0.1) is 5.56 Å². The van der Waals surface area contributed by atoms with Crippen molar-refractivity contribution in [1.82, 2.24) is 9.80 Å². The van der Waals surface area contributed by atoms with Crippen molar-refractivity contribution < 1.29 is 19.1 Å². The summed E-state index contributed by atoms with van der Waals surface area (Å²) in [7, 11) is 6.15. The quantitative estimate of drug-likeness (QED) is 0.287. The molecule has 0 fully saturated rings. The number of carbonyl (C=O) groups excluding carboxylic acids is 2. The van der Waals surface area contributed by atoms with Crippen LogP contribution in [0.2, 0.25) is 0 Å². The van der Waals surface area contributed by atoms with Crippen molar-refractivity contribution in [3.05, 3.63) is 35.4 Å². The molecular weight excluding hydrogens is 343 g/mol. The molecule has 0 amide bonds. The van der Waals surface area contributed by atoms with Gasteiger partial charge in [0, 0.05) is 19.6 Å². The van der Waals surface area contributed by atoms with Crippen LogP contribution in [0.3, 0.4) is 0 Å². The van der Waals surface area contributed by atoms with Crippen molar-refractivity contribution >= 4 is 37.3 Å². The molecule has 0 spiro atoms. The summed E-state index contributed by atoms with van der Waals surface area (Å²) in [6, 6.07) is 7.20. The third kappa shape index (κ3) is 10.1. The fourth-order valence-electron chi connectivity index (χ4n) is 1.71. The average Bonchev–Trinajstić information content (AvgIpc) is 2.46. The number of esters is 1. The van der Waals surface area contributed by atoms with Crippen molar-refractivity contribution in [2.75, 3.05) is 41.0 Å². The molecule has 8 heteroatoms. The van der Waals surface area contributed by atoms with Gasteiger partial charge in [-0.2, -0.15) is 0 Å². The van der Waals surface area contributed by atoms with Crippen molar-refractivity contribution in [1.29, 1.82) is 0 Å². The Morgan fingerprint density at radius 3 is 2.22 bits per heavy atom. The summed E-state index contributed by atoms with van der Waals surface area (Å²) in [6.07, 6.45) is 0. The minimum absolute atomic E-state index is 0. The van der Waals surface area contributed by atoms with Crippen LogP contribution >= 0.6 is 24.8 Å². The molecule has 1 aromatic rings. The molecule has 0 unspecified atom stereocenters. The Hall–Kier alpha value is -1.34. The topological polar surface area (TPSA) is 59.1 Å². The van der Waals surface area contributed by atoms with E-state index in [0.717, 1.165) is 25.2 Å². The van der Waals surface area contributed by atoms with Crippen LogP contribution in [0.4, 0.5) is 0 Å². The lowest BCUT2D eigenvalue weighted by Gasteiger charge is -2.19. The van der Waals surface area contributed by atoms with Crippen LogP contribution in [0.15, 0.2) is 24.3 Å². The first-order chi connectivity index (χ1) is 10.0. The number of carbonyl (C=O) groups is 2. The normalized spacial score (nSPS) is 9.78. The van der Waals surface area contributed by atoms with Crippen LogP contribution in [0.5, 0.6) is 0 Å². The summed E-state index contributed by atoms with van der Waals surface area (Å²) in [5, 5.41) is 0. The summed E-state index contributed by atoms with van der Waals surface area (Å²) in [4.78, 5) is 25.9. The molecule has 23 heavy (non-hydrogen) atoms. The van der Waals surface area contributed by atoms with E-state index in [4.69, 9.17) is 4.74 Å². The highest BCUT2D eigenvalue weighted by atomic mass is 35.5. The third-order valence-electron chi connectivity index (χ3n) is 2.90. The molecule has 0 N–H and O–H groups in total. The maximum atomic E-state index is 11.6. The molecule has 0 bridgehead atoms.